The molecule has 3 amide bonds. The molecule has 0 bridgehead atoms. The van der Waals surface area contributed by atoms with Crippen LogP contribution in [0.5, 0.6) is 0 Å². The summed E-state index contributed by atoms with van der Waals surface area (Å²) < 4.78 is 0. The Bertz CT molecular complexity index is 771. The number of aliphatic carboxylic acids is 4. The molecule has 0 aliphatic rings. The fourth-order valence-electron chi connectivity index (χ4n) is 2.34. The van der Waals surface area contributed by atoms with E-state index in [1.807, 2.05) is 16.0 Å². The number of nitrogens with two attached hydrogens (primary N) is 1. The minimum Gasteiger partial charge on any atom is -0.481 e. The Morgan fingerprint density at radius 1 is 0.636 bits per heavy atom. The average Bonchev–Trinajstić information content (AvgIpc) is 2.71. The minimum atomic E-state index is -1.77. The highest BCUT2D eigenvalue weighted by molar-refractivity contribution is 5.95. The summed E-state index contributed by atoms with van der Waals surface area (Å²) in [4.78, 5) is 80.0. The van der Waals surface area contributed by atoms with Gasteiger partial charge in [-0.25, -0.2) is 4.79 Å². The molecule has 0 aromatic carbocycles. The van der Waals surface area contributed by atoms with E-state index >= 15 is 0 Å². The van der Waals surface area contributed by atoms with E-state index in [0.717, 1.165) is 0 Å². The predicted molar refractivity (Wildman–Crippen MR) is 104 cm³/mol. The zero-order chi connectivity index (χ0) is 25.7. The van der Waals surface area contributed by atoms with Gasteiger partial charge in [0.2, 0.25) is 17.7 Å². The third-order valence-electron chi connectivity index (χ3n) is 4.09. The lowest BCUT2D eigenvalue weighted by Crippen LogP contribution is -2.58. The number of carboxylic acids is 4. The molecule has 4 atom stereocenters. The second kappa shape index (κ2) is 14.3. The smallest absolute Gasteiger partial charge is 0.326 e. The number of carbonyl (C=O) groups excluding carboxylic acids is 3. The van der Waals surface area contributed by atoms with Crippen molar-refractivity contribution < 1.29 is 59.1 Å². The number of carbonyl (C=O) groups is 7. The number of hydrogen-bond donors (Lipinski definition) is 9. The second-order valence-corrected chi connectivity index (χ2v) is 6.77. The van der Waals surface area contributed by atoms with Crippen LogP contribution in [0.1, 0.15) is 32.1 Å². The molecular formula is C17H26N4O12. The highest BCUT2D eigenvalue weighted by Gasteiger charge is 2.31. The van der Waals surface area contributed by atoms with Gasteiger partial charge in [0, 0.05) is 12.8 Å². The van der Waals surface area contributed by atoms with E-state index in [2.05, 4.69) is 0 Å². The maximum Gasteiger partial charge on any atom is 0.326 e. The van der Waals surface area contributed by atoms with Crippen molar-refractivity contribution in [1.82, 2.24) is 16.0 Å². The largest absolute Gasteiger partial charge is 0.481 e. The Hall–Kier alpha value is -3.79. The maximum atomic E-state index is 12.4. The highest BCUT2D eigenvalue weighted by Crippen LogP contribution is 2.02. The Morgan fingerprint density at radius 3 is 1.55 bits per heavy atom. The van der Waals surface area contributed by atoms with Crippen molar-refractivity contribution >= 4 is 41.6 Å². The van der Waals surface area contributed by atoms with Crippen LogP contribution in [0.15, 0.2) is 0 Å². The first kappa shape index (κ1) is 29.2. The normalized spacial score (nSPS) is 14.1. The number of aliphatic hydroxyl groups excluding tert-OH is 1. The summed E-state index contributed by atoms with van der Waals surface area (Å²) in [5.41, 5.74) is 5.50. The molecule has 4 unspecified atom stereocenters. The van der Waals surface area contributed by atoms with Gasteiger partial charge in [0.1, 0.15) is 18.1 Å². The van der Waals surface area contributed by atoms with Gasteiger partial charge in [-0.15, -0.1) is 0 Å². The van der Waals surface area contributed by atoms with Gasteiger partial charge in [0.05, 0.1) is 19.1 Å². The number of aliphatic hydroxyl groups is 1. The topological polar surface area (TPSA) is 283 Å². The van der Waals surface area contributed by atoms with Crippen molar-refractivity contribution in [3.8, 4) is 0 Å². The fourth-order valence-corrected chi connectivity index (χ4v) is 2.34. The van der Waals surface area contributed by atoms with Gasteiger partial charge in [-0.2, -0.15) is 0 Å². The van der Waals surface area contributed by atoms with Gasteiger partial charge in [0.15, 0.2) is 0 Å². The molecule has 0 aromatic heterocycles. The van der Waals surface area contributed by atoms with Gasteiger partial charge < -0.3 is 47.2 Å². The van der Waals surface area contributed by atoms with E-state index in [9.17, 15) is 38.7 Å². The Morgan fingerprint density at radius 2 is 1.09 bits per heavy atom. The Balaban J connectivity index is 5.24. The van der Waals surface area contributed by atoms with Crippen LogP contribution in [0, 0.1) is 0 Å². The lowest BCUT2D eigenvalue weighted by Gasteiger charge is -2.23. The number of amides is 3. The molecule has 0 aliphatic carbocycles. The van der Waals surface area contributed by atoms with Crippen LogP contribution < -0.4 is 21.7 Å². The summed E-state index contributed by atoms with van der Waals surface area (Å²) in [5.74, 6) is -9.14. The van der Waals surface area contributed by atoms with Crippen LogP contribution in [-0.4, -0.2) is 97.9 Å². The monoisotopic (exact) mass is 478 g/mol. The van der Waals surface area contributed by atoms with Crippen molar-refractivity contribution in [1.29, 1.82) is 0 Å². The number of hydrogen-bond acceptors (Lipinski definition) is 9. The first-order valence-electron chi connectivity index (χ1n) is 9.44. The quantitative estimate of drug-likeness (QED) is 0.102. The molecule has 186 valence electrons. The maximum absolute atomic E-state index is 12.4. The van der Waals surface area contributed by atoms with E-state index in [0.29, 0.717) is 0 Å². The van der Waals surface area contributed by atoms with E-state index in [1.54, 1.807) is 0 Å². The van der Waals surface area contributed by atoms with E-state index in [4.69, 9.17) is 26.2 Å². The molecule has 0 spiro atoms. The van der Waals surface area contributed by atoms with E-state index < -0.39 is 98.1 Å². The molecule has 0 aromatic rings. The summed E-state index contributed by atoms with van der Waals surface area (Å²) in [6.45, 7) is -1.05. The van der Waals surface area contributed by atoms with Gasteiger partial charge in [-0.05, 0) is 12.8 Å². The molecule has 0 aliphatic heterocycles. The molecule has 0 fully saturated rings. The summed E-state index contributed by atoms with van der Waals surface area (Å²) in [6.07, 6.45) is -2.82. The van der Waals surface area contributed by atoms with Gasteiger partial charge in [-0.1, -0.05) is 0 Å². The second-order valence-electron chi connectivity index (χ2n) is 6.77. The fraction of sp³-hybridized carbons (Fsp3) is 0.588. The highest BCUT2D eigenvalue weighted by atomic mass is 16.4. The Kier molecular flexibility index (Phi) is 12.7. The molecule has 16 nitrogen and oxygen atoms in total. The third kappa shape index (κ3) is 12.0. The summed E-state index contributed by atoms with van der Waals surface area (Å²) in [6, 6.07) is -6.57. The van der Waals surface area contributed by atoms with Crippen LogP contribution >= 0.6 is 0 Å². The van der Waals surface area contributed by atoms with Gasteiger partial charge in [-0.3, -0.25) is 28.8 Å². The molecule has 0 heterocycles. The third-order valence-corrected chi connectivity index (χ3v) is 4.09. The first-order valence-corrected chi connectivity index (χ1v) is 9.44. The molecular weight excluding hydrogens is 452 g/mol. The van der Waals surface area contributed by atoms with Crippen molar-refractivity contribution in [3.05, 3.63) is 0 Å². The predicted octanol–water partition coefficient (Wildman–Crippen LogP) is -3.95. The van der Waals surface area contributed by atoms with Crippen LogP contribution in [-0.2, 0) is 33.6 Å². The molecule has 10 N–H and O–H groups in total. The summed E-state index contributed by atoms with van der Waals surface area (Å²) in [5, 5.41) is 50.6. The summed E-state index contributed by atoms with van der Waals surface area (Å²) in [7, 11) is 0. The molecule has 0 saturated heterocycles. The standard InChI is InChI=1S/C17H26N4O12/c18-7(1-3-11(23)24)14(29)20-9(5-13(27)28)15(30)21-10(6-22)16(31)19-8(17(32)33)2-4-12(25)26/h7-10,22H,1-6,18H2,(H,19,31)(H,20,29)(H,21,30)(H,23,24)(H,25,26)(H,27,28)(H,32,33). The Labute approximate surface area is 186 Å². The lowest BCUT2D eigenvalue weighted by atomic mass is 10.1. The minimum absolute atomic E-state index is 0.308. The average molecular weight is 478 g/mol. The van der Waals surface area contributed by atoms with Crippen molar-refractivity contribution in [3.63, 3.8) is 0 Å². The molecule has 16 heteroatoms. The van der Waals surface area contributed by atoms with Crippen molar-refractivity contribution in [2.75, 3.05) is 6.61 Å². The molecule has 0 rings (SSSR count). The first-order chi connectivity index (χ1) is 15.3. The zero-order valence-corrected chi connectivity index (χ0v) is 17.2. The molecule has 0 saturated carbocycles. The number of carboxylic acid groups (broad SMARTS) is 4. The van der Waals surface area contributed by atoms with Gasteiger partial charge >= 0.3 is 23.9 Å². The number of nitrogens with one attached hydrogen (secondary N) is 3. The summed E-state index contributed by atoms with van der Waals surface area (Å²) >= 11 is 0. The molecule has 0 radical (unpaired) electrons. The lowest BCUT2D eigenvalue weighted by molar-refractivity contribution is -0.144. The van der Waals surface area contributed by atoms with Crippen molar-refractivity contribution in [2.45, 2.75) is 56.3 Å². The van der Waals surface area contributed by atoms with Crippen LogP contribution in [0.4, 0.5) is 0 Å². The SMILES string of the molecule is NC(CCC(=O)O)C(=O)NC(CC(=O)O)C(=O)NC(CO)C(=O)NC(CCC(=O)O)C(=O)O. The van der Waals surface area contributed by atoms with Crippen LogP contribution in [0.25, 0.3) is 0 Å². The van der Waals surface area contributed by atoms with Crippen LogP contribution in [0.2, 0.25) is 0 Å². The zero-order valence-electron chi connectivity index (χ0n) is 17.2. The van der Waals surface area contributed by atoms with Crippen molar-refractivity contribution in [2.24, 2.45) is 5.73 Å². The van der Waals surface area contributed by atoms with Crippen LogP contribution in [0.3, 0.4) is 0 Å². The van der Waals surface area contributed by atoms with E-state index in [1.165, 1.54) is 0 Å². The van der Waals surface area contributed by atoms with E-state index in [-0.39, 0.29) is 6.42 Å². The van der Waals surface area contributed by atoms with Gasteiger partial charge in [0.25, 0.3) is 0 Å². The molecule has 33 heavy (non-hydrogen) atoms. The number of rotatable bonds is 16.